The molecule has 1 amide bonds. The van der Waals surface area contributed by atoms with Crippen molar-refractivity contribution in [2.45, 2.75) is 6.42 Å². The number of aromatic nitrogens is 1. The van der Waals surface area contributed by atoms with Gasteiger partial charge in [0.05, 0.1) is 5.56 Å². The second-order valence-electron chi connectivity index (χ2n) is 3.92. The van der Waals surface area contributed by atoms with Crippen LogP contribution in [-0.4, -0.2) is 17.4 Å². The lowest BCUT2D eigenvalue weighted by Crippen LogP contribution is -2.27. The normalized spacial score (nSPS) is 10.2. The number of pyridine rings is 1. The van der Waals surface area contributed by atoms with E-state index < -0.39 is 11.7 Å². The molecule has 0 saturated heterocycles. The fraction of sp³-hybridized carbons (Fsp3) is 0.143. The molecule has 0 atom stereocenters. The van der Waals surface area contributed by atoms with Crippen molar-refractivity contribution >= 4 is 21.8 Å². The Balaban J connectivity index is 1.95. The summed E-state index contributed by atoms with van der Waals surface area (Å²) in [7, 11) is 0. The van der Waals surface area contributed by atoms with E-state index in [1.54, 1.807) is 18.3 Å². The minimum Gasteiger partial charge on any atom is -0.352 e. The van der Waals surface area contributed by atoms with Crippen LogP contribution in [0.2, 0.25) is 0 Å². The molecule has 0 spiro atoms. The van der Waals surface area contributed by atoms with Crippen molar-refractivity contribution < 1.29 is 9.18 Å². The predicted octanol–water partition coefficient (Wildman–Crippen LogP) is 2.96. The third-order valence-electron chi connectivity index (χ3n) is 2.58. The first-order valence-corrected chi connectivity index (χ1v) is 6.60. The number of carbonyl (C=O) groups is 1. The van der Waals surface area contributed by atoms with Gasteiger partial charge < -0.3 is 5.32 Å². The monoisotopic (exact) mass is 322 g/mol. The van der Waals surface area contributed by atoms with E-state index in [4.69, 9.17) is 0 Å². The van der Waals surface area contributed by atoms with E-state index in [0.29, 0.717) is 17.4 Å². The molecule has 2 rings (SSSR count). The van der Waals surface area contributed by atoms with Gasteiger partial charge in [0.15, 0.2) is 0 Å². The molecule has 0 aliphatic heterocycles. The second kappa shape index (κ2) is 6.43. The largest absolute Gasteiger partial charge is 0.352 e. The number of hydrogen-bond acceptors (Lipinski definition) is 2. The standard InChI is InChI=1S/C14H12BrFN2O/c15-11-5-3-6-12(16)13(11)14(19)18-9-7-10-4-1-2-8-17-10/h1-6,8H,7,9H2,(H,18,19). The first-order valence-electron chi connectivity index (χ1n) is 5.80. The van der Waals surface area contributed by atoms with Gasteiger partial charge in [0, 0.05) is 29.3 Å². The zero-order chi connectivity index (χ0) is 13.7. The van der Waals surface area contributed by atoms with Gasteiger partial charge in [-0.05, 0) is 40.2 Å². The smallest absolute Gasteiger partial charge is 0.255 e. The minimum absolute atomic E-state index is 0.0310. The lowest BCUT2D eigenvalue weighted by Gasteiger charge is -2.07. The number of nitrogens with one attached hydrogen (secondary N) is 1. The molecular formula is C14H12BrFN2O. The van der Waals surface area contributed by atoms with Gasteiger partial charge in [-0.1, -0.05) is 12.1 Å². The van der Waals surface area contributed by atoms with Gasteiger partial charge in [-0.3, -0.25) is 9.78 Å². The van der Waals surface area contributed by atoms with E-state index in [0.717, 1.165) is 5.69 Å². The molecule has 0 aliphatic rings. The lowest BCUT2D eigenvalue weighted by molar-refractivity contribution is 0.0949. The molecule has 3 nitrogen and oxygen atoms in total. The van der Waals surface area contributed by atoms with Crippen molar-refractivity contribution in [3.05, 3.63) is 64.1 Å². The van der Waals surface area contributed by atoms with Crippen molar-refractivity contribution in [1.29, 1.82) is 0 Å². The highest BCUT2D eigenvalue weighted by Gasteiger charge is 2.14. The second-order valence-corrected chi connectivity index (χ2v) is 4.78. The molecule has 98 valence electrons. The Labute approximate surface area is 119 Å². The van der Waals surface area contributed by atoms with Crippen LogP contribution in [0.1, 0.15) is 16.1 Å². The van der Waals surface area contributed by atoms with E-state index in [1.165, 1.54) is 6.07 Å². The average molecular weight is 323 g/mol. The van der Waals surface area contributed by atoms with Crippen LogP contribution in [0.15, 0.2) is 47.1 Å². The lowest BCUT2D eigenvalue weighted by atomic mass is 10.2. The first kappa shape index (κ1) is 13.7. The van der Waals surface area contributed by atoms with Gasteiger partial charge in [0.2, 0.25) is 0 Å². The summed E-state index contributed by atoms with van der Waals surface area (Å²) in [5.41, 5.74) is 0.916. The summed E-state index contributed by atoms with van der Waals surface area (Å²) in [6.07, 6.45) is 2.31. The first-order chi connectivity index (χ1) is 9.18. The molecule has 0 aliphatic carbocycles. The SMILES string of the molecule is O=C(NCCc1ccccn1)c1c(F)cccc1Br. The quantitative estimate of drug-likeness (QED) is 0.940. The highest BCUT2D eigenvalue weighted by molar-refractivity contribution is 9.10. The summed E-state index contributed by atoms with van der Waals surface area (Å²) in [6.45, 7) is 0.413. The molecule has 19 heavy (non-hydrogen) atoms. The molecule has 0 saturated carbocycles. The van der Waals surface area contributed by atoms with Crippen molar-refractivity contribution in [2.24, 2.45) is 0 Å². The van der Waals surface area contributed by atoms with Crippen LogP contribution in [0.3, 0.4) is 0 Å². The molecular weight excluding hydrogens is 311 g/mol. The molecule has 0 unspecified atom stereocenters. The summed E-state index contributed by atoms with van der Waals surface area (Å²) in [6, 6.07) is 10.0. The highest BCUT2D eigenvalue weighted by atomic mass is 79.9. The number of hydrogen-bond donors (Lipinski definition) is 1. The van der Waals surface area contributed by atoms with Gasteiger partial charge >= 0.3 is 0 Å². The maximum Gasteiger partial charge on any atom is 0.255 e. The van der Waals surface area contributed by atoms with Crippen LogP contribution in [-0.2, 0) is 6.42 Å². The Hall–Kier alpha value is -1.75. The maximum absolute atomic E-state index is 13.5. The molecule has 2 aromatic rings. The summed E-state index contributed by atoms with van der Waals surface area (Å²) >= 11 is 3.17. The van der Waals surface area contributed by atoms with E-state index in [9.17, 15) is 9.18 Å². The number of halogens is 2. The zero-order valence-corrected chi connectivity index (χ0v) is 11.7. The topological polar surface area (TPSA) is 42.0 Å². The Morgan fingerprint density at radius 3 is 2.79 bits per heavy atom. The van der Waals surface area contributed by atoms with Crippen LogP contribution < -0.4 is 5.32 Å². The molecule has 1 aromatic carbocycles. The third-order valence-corrected chi connectivity index (χ3v) is 3.24. The average Bonchev–Trinajstić information content (AvgIpc) is 2.40. The van der Waals surface area contributed by atoms with E-state index in [-0.39, 0.29) is 5.56 Å². The Morgan fingerprint density at radius 1 is 1.26 bits per heavy atom. The number of rotatable bonds is 4. The van der Waals surface area contributed by atoms with E-state index in [1.807, 2.05) is 18.2 Å². The fourth-order valence-corrected chi connectivity index (χ4v) is 2.18. The zero-order valence-electron chi connectivity index (χ0n) is 10.1. The predicted molar refractivity (Wildman–Crippen MR) is 74.4 cm³/mol. The Bertz CT molecular complexity index is 555. The molecule has 0 fully saturated rings. The fourth-order valence-electron chi connectivity index (χ4n) is 1.65. The van der Waals surface area contributed by atoms with Gasteiger partial charge in [-0.2, -0.15) is 0 Å². The van der Waals surface area contributed by atoms with Crippen LogP contribution in [0.25, 0.3) is 0 Å². The van der Waals surface area contributed by atoms with Gasteiger partial charge in [-0.15, -0.1) is 0 Å². The van der Waals surface area contributed by atoms with Crippen LogP contribution in [0.4, 0.5) is 4.39 Å². The third kappa shape index (κ3) is 3.61. The summed E-state index contributed by atoms with van der Waals surface area (Å²) in [5, 5.41) is 2.68. The summed E-state index contributed by atoms with van der Waals surface area (Å²) in [5.74, 6) is -0.967. The number of amides is 1. The number of benzene rings is 1. The maximum atomic E-state index is 13.5. The molecule has 5 heteroatoms. The summed E-state index contributed by atoms with van der Waals surface area (Å²) in [4.78, 5) is 16.0. The van der Waals surface area contributed by atoms with Gasteiger partial charge in [0.25, 0.3) is 5.91 Å². The van der Waals surface area contributed by atoms with Crippen molar-refractivity contribution in [1.82, 2.24) is 10.3 Å². The molecule has 0 bridgehead atoms. The Morgan fingerprint density at radius 2 is 2.11 bits per heavy atom. The Kier molecular flexibility index (Phi) is 4.63. The van der Waals surface area contributed by atoms with Crippen LogP contribution in [0.5, 0.6) is 0 Å². The van der Waals surface area contributed by atoms with Crippen molar-refractivity contribution in [3.8, 4) is 0 Å². The van der Waals surface area contributed by atoms with Gasteiger partial charge in [-0.25, -0.2) is 4.39 Å². The van der Waals surface area contributed by atoms with Crippen LogP contribution >= 0.6 is 15.9 Å². The molecule has 1 aromatic heterocycles. The van der Waals surface area contributed by atoms with Crippen LogP contribution in [0, 0.1) is 5.82 Å². The number of nitrogens with zero attached hydrogens (tertiary/aromatic N) is 1. The molecule has 1 heterocycles. The minimum atomic E-state index is -0.537. The highest BCUT2D eigenvalue weighted by Crippen LogP contribution is 2.19. The summed E-state index contributed by atoms with van der Waals surface area (Å²) < 4.78 is 14.0. The molecule has 0 radical (unpaired) electrons. The van der Waals surface area contributed by atoms with E-state index >= 15 is 0 Å². The van der Waals surface area contributed by atoms with Crippen molar-refractivity contribution in [3.63, 3.8) is 0 Å². The number of carbonyl (C=O) groups excluding carboxylic acids is 1. The molecule has 1 N–H and O–H groups in total. The van der Waals surface area contributed by atoms with Gasteiger partial charge in [0.1, 0.15) is 5.82 Å². The van der Waals surface area contributed by atoms with Crippen molar-refractivity contribution in [2.75, 3.05) is 6.54 Å². The van der Waals surface area contributed by atoms with E-state index in [2.05, 4.69) is 26.2 Å².